The third-order valence-electron chi connectivity index (χ3n) is 3.97. The molecule has 3 aromatic rings. The highest BCUT2D eigenvalue weighted by Gasteiger charge is 2.10. The number of aromatic nitrogens is 4. The van der Waals surface area contributed by atoms with Gasteiger partial charge in [-0.05, 0) is 31.5 Å². The van der Waals surface area contributed by atoms with Crippen molar-refractivity contribution in [3.8, 4) is 5.75 Å². The predicted octanol–water partition coefficient (Wildman–Crippen LogP) is 3.29. The van der Waals surface area contributed by atoms with Crippen molar-refractivity contribution in [3.05, 3.63) is 54.2 Å². The van der Waals surface area contributed by atoms with E-state index in [-0.39, 0.29) is 42.6 Å². The highest BCUT2D eigenvalue weighted by molar-refractivity contribution is 5.76. The summed E-state index contributed by atoms with van der Waals surface area (Å²) in [6.45, 7) is 0.959. The van der Waals surface area contributed by atoms with Gasteiger partial charge in [0.1, 0.15) is 12.3 Å². The Balaban J connectivity index is 1.62. The van der Waals surface area contributed by atoms with Crippen molar-refractivity contribution in [2.75, 3.05) is 10.6 Å². The largest absolute Gasteiger partial charge is 0.435 e. The lowest BCUT2D eigenvalue weighted by molar-refractivity contribution is -0.122. The van der Waals surface area contributed by atoms with Crippen LogP contribution in [0.3, 0.4) is 0 Å². The smallest absolute Gasteiger partial charge is 0.387 e. The molecule has 3 rings (SSSR count). The molecule has 0 aliphatic heterocycles. The van der Waals surface area contributed by atoms with Crippen LogP contribution in [0.15, 0.2) is 42.9 Å². The van der Waals surface area contributed by atoms with Gasteiger partial charge in [0.2, 0.25) is 11.9 Å². The fourth-order valence-electron chi connectivity index (χ4n) is 2.73. The van der Waals surface area contributed by atoms with Crippen molar-refractivity contribution >= 4 is 23.4 Å². The zero-order valence-corrected chi connectivity index (χ0v) is 17.3. The standard InChI is InChI=1S/C20H22F3N7O2/c1-12(2)27-17(31)11-30-10-14(8-26-30)28-20-25-9-16(21)18(29-20)24-7-13-4-3-5-15(6-13)32-19(22)23/h3-6,8-10,12,19H,7,11H2,1-2H3,(H,27,31)(H2,24,25,28,29). The van der Waals surface area contributed by atoms with Gasteiger partial charge in [0.05, 0.1) is 18.1 Å². The summed E-state index contributed by atoms with van der Waals surface area (Å²) in [7, 11) is 0. The SMILES string of the molecule is CC(C)NC(=O)Cn1cc(Nc2ncc(F)c(NCc3cccc(OC(F)F)c3)n2)cn1. The Morgan fingerprint density at radius 3 is 2.81 bits per heavy atom. The van der Waals surface area contributed by atoms with Crippen molar-refractivity contribution in [1.29, 1.82) is 0 Å². The summed E-state index contributed by atoms with van der Waals surface area (Å²) in [6, 6.07) is 6.06. The van der Waals surface area contributed by atoms with Crippen molar-refractivity contribution in [1.82, 2.24) is 25.1 Å². The molecule has 32 heavy (non-hydrogen) atoms. The highest BCUT2D eigenvalue weighted by Crippen LogP contribution is 2.19. The van der Waals surface area contributed by atoms with Gasteiger partial charge in [-0.25, -0.2) is 9.37 Å². The van der Waals surface area contributed by atoms with E-state index in [1.807, 2.05) is 13.8 Å². The van der Waals surface area contributed by atoms with Gasteiger partial charge in [-0.3, -0.25) is 9.48 Å². The lowest BCUT2D eigenvalue weighted by atomic mass is 10.2. The third-order valence-corrected chi connectivity index (χ3v) is 3.97. The number of hydrogen-bond acceptors (Lipinski definition) is 7. The summed E-state index contributed by atoms with van der Waals surface area (Å²) in [6.07, 6.45) is 4.07. The molecule has 0 aliphatic rings. The zero-order chi connectivity index (χ0) is 23.1. The summed E-state index contributed by atoms with van der Waals surface area (Å²) in [4.78, 5) is 19.8. The number of alkyl halides is 2. The minimum absolute atomic E-state index is 0.00361. The van der Waals surface area contributed by atoms with Crippen LogP contribution < -0.4 is 20.7 Å². The van der Waals surface area contributed by atoms with Crippen LogP contribution >= 0.6 is 0 Å². The molecule has 0 spiro atoms. The summed E-state index contributed by atoms with van der Waals surface area (Å²) in [5.41, 5.74) is 1.10. The molecule has 2 heterocycles. The molecule has 0 aliphatic carbocycles. The Morgan fingerprint density at radius 1 is 1.25 bits per heavy atom. The van der Waals surface area contributed by atoms with E-state index in [4.69, 9.17) is 0 Å². The number of nitrogens with zero attached hydrogens (tertiary/aromatic N) is 4. The molecule has 0 unspecified atom stereocenters. The van der Waals surface area contributed by atoms with Crippen molar-refractivity contribution < 1.29 is 22.7 Å². The number of anilines is 3. The van der Waals surface area contributed by atoms with Gasteiger partial charge in [0.25, 0.3) is 0 Å². The van der Waals surface area contributed by atoms with Crippen LogP contribution in [0, 0.1) is 5.82 Å². The maximum atomic E-state index is 14.1. The molecule has 0 saturated heterocycles. The van der Waals surface area contributed by atoms with Crippen molar-refractivity contribution in [2.45, 2.75) is 39.6 Å². The number of carbonyl (C=O) groups is 1. The average molecular weight is 449 g/mol. The molecule has 9 nitrogen and oxygen atoms in total. The summed E-state index contributed by atoms with van der Waals surface area (Å²) >= 11 is 0. The van der Waals surface area contributed by atoms with E-state index >= 15 is 0 Å². The van der Waals surface area contributed by atoms with Gasteiger partial charge < -0.3 is 20.7 Å². The molecule has 0 radical (unpaired) electrons. The van der Waals surface area contributed by atoms with E-state index in [0.29, 0.717) is 11.3 Å². The second-order valence-electron chi connectivity index (χ2n) is 7.04. The molecule has 12 heteroatoms. The third kappa shape index (κ3) is 6.86. The Bertz CT molecular complexity index is 1060. The average Bonchev–Trinajstić information content (AvgIpc) is 3.14. The van der Waals surface area contributed by atoms with Gasteiger partial charge in [0.15, 0.2) is 11.6 Å². The topological polar surface area (TPSA) is 106 Å². The molecule has 2 aromatic heterocycles. The first-order valence-electron chi connectivity index (χ1n) is 9.67. The first-order chi connectivity index (χ1) is 15.3. The van der Waals surface area contributed by atoms with Crippen LogP contribution in [0.25, 0.3) is 0 Å². The van der Waals surface area contributed by atoms with Gasteiger partial charge in [-0.15, -0.1) is 0 Å². The molecule has 3 N–H and O–H groups in total. The number of ether oxygens (including phenoxy) is 1. The first-order valence-corrected chi connectivity index (χ1v) is 9.67. The minimum Gasteiger partial charge on any atom is -0.435 e. The van der Waals surface area contributed by atoms with Gasteiger partial charge in [0, 0.05) is 18.8 Å². The number of hydrogen-bond donors (Lipinski definition) is 3. The highest BCUT2D eigenvalue weighted by atomic mass is 19.3. The molecular weight excluding hydrogens is 427 g/mol. The number of rotatable bonds is 10. The summed E-state index contributed by atoms with van der Waals surface area (Å²) in [5, 5.41) is 12.5. The second kappa shape index (κ2) is 10.5. The van der Waals surface area contributed by atoms with Crippen LogP contribution in [0.2, 0.25) is 0 Å². The monoisotopic (exact) mass is 449 g/mol. The van der Waals surface area contributed by atoms with E-state index in [0.717, 1.165) is 6.20 Å². The normalized spacial score (nSPS) is 11.0. The molecule has 1 amide bonds. The Hall–Kier alpha value is -3.83. The van der Waals surface area contributed by atoms with E-state index in [2.05, 4.69) is 35.8 Å². The maximum Gasteiger partial charge on any atom is 0.387 e. The fourth-order valence-corrected chi connectivity index (χ4v) is 2.73. The second-order valence-corrected chi connectivity index (χ2v) is 7.04. The molecule has 170 valence electrons. The molecule has 0 bridgehead atoms. The van der Waals surface area contributed by atoms with Crippen LogP contribution in [0.1, 0.15) is 19.4 Å². The number of benzene rings is 1. The Kier molecular flexibility index (Phi) is 7.47. The number of halogens is 3. The fraction of sp³-hybridized carbons (Fsp3) is 0.300. The Labute approximate surface area is 182 Å². The van der Waals surface area contributed by atoms with Gasteiger partial charge >= 0.3 is 6.61 Å². The number of nitrogens with one attached hydrogen (secondary N) is 3. The lowest BCUT2D eigenvalue weighted by Crippen LogP contribution is -2.33. The van der Waals surface area contributed by atoms with Crippen molar-refractivity contribution in [2.24, 2.45) is 0 Å². The summed E-state index contributed by atoms with van der Waals surface area (Å²) in [5.74, 6) is -0.830. The molecular formula is C20H22F3N7O2. The van der Waals surface area contributed by atoms with Crippen LogP contribution in [-0.4, -0.2) is 38.3 Å². The zero-order valence-electron chi connectivity index (χ0n) is 17.3. The quantitative estimate of drug-likeness (QED) is 0.436. The van der Waals surface area contributed by atoms with Gasteiger partial charge in [-0.2, -0.15) is 18.9 Å². The number of carbonyl (C=O) groups excluding carboxylic acids is 1. The lowest BCUT2D eigenvalue weighted by Gasteiger charge is -2.10. The van der Waals surface area contributed by atoms with Crippen molar-refractivity contribution in [3.63, 3.8) is 0 Å². The molecule has 0 fully saturated rings. The minimum atomic E-state index is -2.93. The predicted molar refractivity (Wildman–Crippen MR) is 111 cm³/mol. The molecule has 0 saturated carbocycles. The van der Waals surface area contributed by atoms with Crippen LogP contribution in [-0.2, 0) is 17.9 Å². The first kappa shape index (κ1) is 22.8. The molecule has 0 atom stereocenters. The summed E-state index contributed by atoms with van der Waals surface area (Å²) < 4.78 is 44.6. The Morgan fingerprint density at radius 2 is 2.06 bits per heavy atom. The van der Waals surface area contributed by atoms with Crippen LogP contribution in [0.5, 0.6) is 5.75 Å². The van der Waals surface area contributed by atoms with E-state index in [1.165, 1.54) is 23.0 Å². The van der Waals surface area contributed by atoms with Crippen LogP contribution in [0.4, 0.5) is 30.6 Å². The molecule has 1 aromatic carbocycles. The maximum absolute atomic E-state index is 14.1. The van der Waals surface area contributed by atoms with E-state index in [1.54, 1.807) is 18.3 Å². The van der Waals surface area contributed by atoms with E-state index < -0.39 is 12.4 Å². The van der Waals surface area contributed by atoms with Gasteiger partial charge in [-0.1, -0.05) is 12.1 Å². The number of amides is 1. The van der Waals surface area contributed by atoms with E-state index in [9.17, 15) is 18.0 Å².